The van der Waals surface area contributed by atoms with Crippen molar-refractivity contribution in [2.24, 2.45) is 0 Å². The van der Waals surface area contributed by atoms with Crippen LogP contribution in [-0.2, 0) is 14.3 Å². The van der Waals surface area contributed by atoms with Gasteiger partial charge in [0.25, 0.3) is 0 Å². The van der Waals surface area contributed by atoms with E-state index in [2.05, 4.69) is 19.2 Å². The van der Waals surface area contributed by atoms with Crippen LogP contribution in [0.25, 0.3) is 0 Å². The molecule has 0 saturated carbocycles. The minimum atomic E-state index is -0.839. The molecule has 3 N–H and O–H groups in total. The second-order valence-corrected chi connectivity index (χ2v) is 26.4. The van der Waals surface area contributed by atoms with Crippen LogP contribution in [0.4, 0.5) is 0 Å². The average Bonchev–Trinajstić information content (AvgIpc) is 3.48. The molecule has 0 aromatic heterocycles. The van der Waals surface area contributed by atoms with Crippen molar-refractivity contribution >= 4 is 11.9 Å². The van der Waals surface area contributed by atoms with Gasteiger partial charge in [-0.1, -0.05) is 405 Å². The Labute approximate surface area is 514 Å². The van der Waals surface area contributed by atoms with Crippen molar-refractivity contribution in [3.05, 3.63) is 12.2 Å². The second-order valence-electron chi connectivity index (χ2n) is 26.4. The molecule has 0 radical (unpaired) electrons. The Kier molecular flexibility index (Phi) is 70.8. The van der Waals surface area contributed by atoms with Gasteiger partial charge >= 0.3 is 5.97 Å². The van der Waals surface area contributed by atoms with Crippen molar-refractivity contribution in [1.29, 1.82) is 0 Å². The van der Waals surface area contributed by atoms with Gasteiger partial charge in [-0.05, 0) is 32.1 Å². The number of esters is 1. The lowest BCUT2D eigenvalue weighted by Crippen LogP contribution is -2.45. The summed E-state index contributed by atoms with van der Waals surface area (Å²) in [5.74, 6) is -0.0330. The molecule has 488 valence electrons. The highest BCUT2D eigenvalue weighted by Gasteiger charge is 2.18. The molecule has 2 atom stereocenters. The lowest BCUT2D eigenvalue weighted by atomic mass is 10.0. The van der Waals surface area contributed by atoms with Gasteiger partial charge in [0.2, 0.25) is 5.91 Å². The molecule has 1 amide bonds. The lowest BCUT2D eigenvalue weighted by Gasteiger charge is -2.20. The molecule has 0 aliphatic carbocycles. The number of ether oxygens (including phenoxy) is 1. The number of hydrogen-bond acceptors (Lipinski definition) is 5. The van der Waals surface area contributed by atoms with Gasteiger partial charge in [-0.25, -0.2) is 0 Å². The van der Waals surface area contributed by atoms with Crippen LogP contribution in [0.2, 0.25) is 0 Å². The number of unbranched alkanes of at least 4 members (excludes halogenated alkanes) is 61. The number of carbonyl (C=O) groups is 2. The summed E-state index contributed by atoms with van der Waals surface area (Å²) >= 11 is 0. The molecular formula is C76H149NO5. The first-order valence-corrected chi connectivity index (χ1v) is 38.0. The monoisotopic (exact) mass is 1160 g/mol. The SMILES string of the molecule is CCCCCCCCCCCCC/C=C/C(O)C(CO)NC(=O)CCCCCCCCCCCCCCCCCCCCCCCCCCCCCCCCCCCCCOC(=O)CCCCCCCCCCCCCCCCCCC. The predicted octanol–water partition coefficient (Wildman–Crippen LogP) is 24.7. The molecular weight excluding hydrogens is 1010 g/mol. The van der Waals surface area contributed by atoms with Crippen molar-refractivity contribution in [2.45, 2.75) is 450 Å². The largest absolute Gasteiger partial charge is 0.466 e. The molecule has 0 heterocycles. The van der Waals surface area contributed by atoms with Crippen molar-refractivity contribution in [3.8, 4) is 0 Å². The molecule has 0 aliphatic heterocycles. The van der Waals surface area contributed by atoms with Crippen LogP contribution in [0, 0.1) is 0 Å². The summed E-state index contributed by atoms with van der Waals surface area (Å²) in [6.07, 6.45) is 90.5. The zero-order chi connectivity index (χ0) is 59.2. The Morgan fingerprint density at radius 2 is 0.561 bits per heavy atom. The molecule has 2 unspecified atom stereocenters. The van der Waals surface area contributed by atoms with E-state index in [-0.39, 0.29) is 18.5 Å². The Morgan fingerprint density at radius 1 is 0.329 bits per heavy atom. The van der Waals surface area contributed by atoms with E-state index < -0.39 is 12.1 Å². The summed E-state index contributed by atoms with van der Waals surface area (Å²) in [4.78, 5) is 24.6. The van der Waals surface area contributed by atoms with E-state index in [1.54, 1.807) is 6.08 Å². The number of aliphatic hydroxyl groups is 2. The zero-order valence-corrected chi connectivity index (χ0v) is 56.0. The van der Waals surface area contributed by atoms with Gasteiger partial charge in [0.05, 0.1) is 25.4 Å². The van der Waals surface area contributed by atoms with Crippen LogP contribution in [0.3, 0.4) is 0 Å². The van der Waals surface area contributed by atoms with E-state index in [0.717, 1.165) is 38.5 Å². The molecule has 6 nitrogen and oxygen atoms in total. The van der Waals surface area contributed by atoms with Crippen molar-refractivity contribution in [2.75, 3.05) is 13.2 Å². The third-order valence-corrected chi connectivity index (χ3v) is 18.1. The maximum Gasteiger partial charge on any atom is 0.305 e. The van der Waals surface area contributed by atoms with Crippen LogP contribution in [0.1, 0.15) is 438 Å². The summed E-state index contributed by atoms with van der Waals surface area (Å²) in [6.45, 7) is 4.95. The van der Waals surface area contributed by atoms with Crippen LogP contribution in [-0.4, -0.2) is 47.4 Å². The van der Waals surface area contributed by atoms with Crippen molar-refractivity contribution < 1.29 is 24.5 Å². The number of nitrogens with one attached hydrogen (secondary N) is 1. The van der Waals surface area contributed by atoms with Gasteiger partial charge < -0.3 is 20.3 Å². The Balaban J connectivity index is 3.29. The molecule has 0 saturated heterocycles. The van der Waals surface area contributed by atoms with Gasteiger partial charge in [0, 0.05) is 12.8 Å². The summed E-state index contributed by atoms with van der Waals surface area (Å²) in [7, 11) is 0. The molecule has 0 bridgehead atoms. The van der Waals surface area contributed by atoms with Crippen LogP contribution < -0.4 is 5.32 Å². The normalized spacial score (nSPS) is 12.5. The summed E-state index contributed by atoms with van der Waals surface area (Å²) < 4.78 is 5.52. The summed E-state index contributed by atoms with van der Waals surface area (Å²) in [5, 5.41) is 23.1. The number of aliphatic hydroxyl groups excluding tert-OH is 2. The van der Waals surface area contributed by atoms with Gasteiger partial charge in [-0.15, -0.1) is 0 Å². The molecule has 0 spiro atoms. The number of hydrogen-bond donors (Lipinski definition) is 3. The van der Waals surface area contributed by atoms with Crippen LogP contribution in [0.15, 0.2) is 12.2 Å². The quantitative estimate of drug-likeness (QED) is 0.0320. The Hall–Kier alpha value is -1.40. The molecule has 82 heavy (non-hydrogen) atoms. The molecule has 0 rings (SSSR count). The van der Waals surface area contributed by atoms with Crippen molar-refractivity contribution in [1.82, 2.24) is 5.32 Å². The topological polar surface area (TPSA) is 95.9 Å². The van der Waals surface area contributed by atoms with Crippen LogP contribution in [0.5, 0.6) is 0 Å². The van der Waals surface area contributed by atoms with E-state index in [4.69, 9.17) is 4.74 Å². The first-order valence-electron chi connectivity index (χ1n) is 38.0. The molecule has 0 aromatic carbocycles. The highest BCUT2D eigenvalue weighted by molar-refractivity contribution is 5.76. The fraction of sp³-hybridized carbons (Fsp3) is 0.947. The average molecular weight is 1160 g/mol. The summed E-state index contributed by atoms with van der Waals surface area (Å²) in [5.41, 5.74) is 0. The van der Waals surface area contributed by atoms with E-state index >= 15 is 0 Å². The van der Waals surface area contributed by atoms with Gasteiger partial charge in [-0.3, -0.25) is 9.59 Å². The number of allylic oxidation sites excluding steroid dienone is 1. The minimum Gasteiger partial charge on any atom is -0.466 e. The fourth-order valence-corrected chi connectivity index (χ4v) is 12.3. The van der Waals surface area contributed by atoms with Gasteiger partial charge in [0.1, 0.15) is 0 Å². The standard InChI is InChI=1S/C76H149NO5/c1-3-5-7-9-11-13-15-17-18-38-42-46-50-54-58-62-66-70-76(81)82-71-67-63-59-55-51-47-43-40-37-35-33-31-29-27-25-23-21-19-20-22-24-26-28-30-32-34-36-39-41-45-49-53-57-61-65-69-75(80)77-73(72-78)74(79)68-64-60-56-52-48-44-16-14-12-10-8-6-4-2/h64,68,73-74,78-79H,3-63,65-67,69-72H2,1-2H3,(H,77,80)/b68-64+. The molecule has 0 aromatic rings. The smallest absolute Gasteiger partial charge is 0.305 e. The molecule has 6 heteroatoms. The zero-order valence-electron chi connectivity index (χ0n) is 56.0. The Bertz CT molecular complexity index is 1240. The van der Waals surface area contributed by atoms with E-state index in [1.807, 2.05) is 6.08 Å². The minimum absolute atomic E-state index is 0.0274. The molecule has 0 aliphatic rings. The third kappa shape index (κ3) is 67.7. The lowest BCUT2D eigenvalue weighted by molar-refractivity contribution is -0.143. The highest BCUT2D eigenvalue weighted by Crippen LogP contribution is 2.20. The first-order chi connectivity index (χ1) is 40.5. The first kappa shape index (κ1) is 80.6. The van der Waals surface area contributed by atoms with E-state index in [9.17, 15) is 19.8 Å². The number of amides is 1. The third-order valence-electron chi connectivity index (χ3n) is 18.1. The van der Waals surface area contributed by atoms with Crippen molar-refractivity contribution in [3.63, 3.8) is 0 Å². The number of rotatable bonds is 72. The van der Waals surface area contributed by atoms with Gasteiger partial charge in [-0.2, -0.15) is 0 Å². The molecule has 0 fully saturated rings. The van der Waals surface area contributed by atoms with E-state index in [1.165, 1.54) is 372 Å². The highest BCUT2D eigenvalue weighted by atomic mass is 16.5. The maximum atomic E-state index is 12.5. The van der Waals surface area contributed by atoms with Crippen LogP contribution >= 0.6 is 0 Å². The number of carbonyl (C=O) groups excluding carboxylic acids is 2. The fourth-order valence-electron chi connectivity index (χ4n) is 12.3. The predicted molar refractivity (Wildman–Crippen MR) is 361 cm³/mol. The van der Waals surface area contributed by atoms with Gasteiger partial charge in [0.15, 0.2) is 0 Å². The summed E-state index contributed by atoms with van der Waals surface area (Å²) in [6, 6.07) is -0.622. The second kappa shape index (κ2) is 72.1. The maximum absolute atomic E-state index is 12.5. The Morgan fingerprint density at radius 3 is 0.829 bits per heavy atom. The van der Waals surface area contributed by atoms with E-state index in [0.29, 0.717) is 19.4 Å².